The van der Waals surface area contributed by atoms with Gasteiger partial charge < -0.3 is 15.8 Å². The standard InChI is InChI=1S/C9H15F3N2O2/c1-14-8(7(13)15,6-2-3-6)4-16-5-9(10,11)12/h6,14H,2-5H2,1H3,(H2,13,15). The normalized spacial score (nSPS) is 20.5. The number of carbonyl (C=O) groups is 1. The summed E-state index contributed by atoms with van der Waals surface area (Å²) in [4.78, 5) is 11.3. The van der Waals surface area contributed by atoms with E-state index in [0.717, 1.165) is 12.8 Å². The monoisotopic (exact) mass is 240 g/mol. The maximum Gasteiger partial charge on any atom is 0.411 e. The lowest BCUT2D eigenvalue weighted by Gasteiger charge is -2.30. The minimum atomic E-state index is -4.39. The minimum absolute atomic E-state index is 0.0248. The van der Waals surface area contributed by atoms with E-state index in [9.17, 15) is 18.0 Å². The molecule has 0 aromatic rings. The molecular formula is C9H15F3N2O2. The molecule has 1 aliphatic carbocycles. The van der Waals surface area contributed by atoms with Crippen LogP contribution in [0.4, 0.5) is 13.2 Å². The molecule has 1 fully saturated rings. The van der Waals surface area contributed by atoms with Crippen LogP contribution >= 0.6 is 0 Å². The topological polar surface area (TPSA) is 64.3 Å². The third-order valence-corrected chi connectivity index (χ3v) is 2.76. The van der Waals surface area contributed by atoms with Crippen LogP contribution in [0.15, 0.2) is 0 Å². The van der Waals surface area contributed by atoms with Crippen LogP contribution in [0.3, 0.4) is 0 Å². The molecule has 0 spiro atoms. The molecule has 94 valence electrons. The zero-order valence-corrected chi connectivity index (χ0v) is 8.93. The van der Waals surface area contributed by atoms with E-state index in [1.807, 2.05) is 0 Å². The molecular weight excluding hydrogens is 225 g/mol. The van der Waals surface area contributed by atoms with Gasteiger partial charge in [-0.05, 0) is 25.8 Å². The number of hydrogen-bond acceptors (Lipinski definition) is 3. The van der Waals surface area contributed by atoms with E-state index >= 15 is 0 Å². The largest absolute Gasteiger partial charge is 0.411 e. The third kappa shape index (κ3) is 3.08. The first-order chi connectivity index (χ1) is 7.32. The molecule has 1 aliphatic rings. The Morgan fingerprint density at radius 3 is 2.31 bits per heavy atom. The molecule has 0 radical (unpaired) electrons. The molecule has 4 nitrogen and oxygen atoms in total. The zero-order valence-electron chi connectivity index (χ0n) is 8.93. The fourth-order valence-electron chi connectivity index (χ4n) is 1.69. The van der Waals surface area contributed by atoms with Gasteiger partial charge in [0.15, 0.2) is 0 Å². The highest BCUT2D eigenvalue weighted by molar-refractivity contribution is 5.85. The number of primary amides is 1. The summed E-state index contributed by atoms with van der Waals surface area (Å²) in [5.74, 6) is -0.692. The predicted octanol–water partition coefficient (Wildman–Crippen LogP) is 0.419. The number of alkyl halides is 3. The van der Waals surface area contributed by atoms with Crippen LogP contribution in [0.2, 0.25) is 0 Å². The van der Waals surface area contributed by atoms with Crippen LogP contribution in [0, 0.1) is 5.92 Å². The number of nitrogens with two attached hydrogens (primary N) is 1. The van der Waals surface area contributed by atoms with Crippen molar-refractivity contribution in [2.45, 2.75) is 24.6 Å². The van der Waals surface area contributed by atoms with Crippen LogP contribution in [0.5, 0.6) is 0 Å². The van der Waals surface area contributed by atoms with Gasteiger partial charge in [-0.1, -0.05) is 0 Å². The number of halogens is 3. The van der Waals surface area contributed by atoms with Crippen molar-refractivity contribution in [3.05, 3.63) is 0 Å². The Morgan fingerprint density at radius 2 is 2.00 bits per heavy atom. The average Bonchev–Trinajstić information content (AvgIpc) is 2.93. The molecule has 16 heavy (non-hydrogen) atoms. The fourth-order valence-corrected chi connectivity index (χ4v) is 1.69. The Bertz CT molecular complexity index is 266. The predicted molar refractivity (Wildman–Crippen MR) is 50.6 cm³/mol. The molecule has 1 amide bonds. The number of rotatable bonds is 6. The van der Waals surface area contributed by atoms with Crippen LogP contribution in [-0.4, -0.2) is 37.9 Å². The van der Waals surface area contributed by atoms with Crippen LogP contribution in [0.25, 0.3) is 0 Å². The summed E-state index contributed by atoms with van der Waals surface area (Å²) in [5, 5.41) is 2.70. The van der Waals surface area contributed by atoms with Gasteiger partial charge in [0.2, 0.25) is 5.91 Å². The fraction of sp³-hybridized carbons (Fsp3) is 0.889. The Balaban J connectivity index is 2.54. The van der Waals surface area contributed by atoms with E-state index < -0.39 is 24.2 Å². The van der Waals surface area contributed by atoms with Crippen LogP contribution < -0.4 is 11.1 Å². The summed E-state index contributed by atoms with van der Waals surface area (Å²) >= 11 is 0. The highest BCUT2D eigenvalue weighted by Crippen LogP contribution is 2.39. The molecule has 0 aromatic heterocycles. The number of likely N-dealkylation sites (N-methyl/N-ethyl adjacent to an activating group) is 1. The summed E-state index contributed by atoms with van der Waals surface area (Å²) in [6.07, 6.45) is -2.83. The molecule has 3 N–H and O–H groups in total. The number of carbonyl (C=O) groups excluding carboxylic acids is 1. The molecule has 0 heterocycles. The van der Waals surface area contributed by atoms with E-state index in [0.29, 0.717) is 0 Å². The van der Waals surface area contributed by atoms with Crippen molar-refractivity contribution in [2.75, 3.05) is 20.3 Å². The third-order valence-electron chi connectivity index (χ3n) is 2.76. The lowest BCUT2D eigenvalue weighted by molar-refractivity contribution is -0.180. The first-order valence-corrected chi connectivity index (χ1v) is 4.95. The van der Waals surface area contributed by atoms with E-state index in [1.165, 1.54) is 7.05 Å². The van der Waals surface area contributed by atoms with E-state index in [4.69, 9.17) is 5.73 Å². The minimum Gasteiger partial charge on any atom is -0.370 e. The van der Waals surface area contributed by atoms with Crippen molar-refractivity contribution in [1.29, 1.82) is 0 Å². The lowest BCUT2D eigenvalue weighted by Crippen LogP contribution is -2.59. The second-order valence-corrected chi connectivity index (χ2v) is 3.97. The summed E-state index contributed by atoms with van der Waals surface area (Å²) in [7, 11) is 1.50. The lowest BCUT2D eigenvalue weighted by atomic mass is 9.93. The van der Waals surface area contributed by atoms with Gasteiger partial charge in [0.05, 0.1) is 6.61 Å². The summed E-state index contributed by atoms with van der Waals surface area (Å²) in [5.41, 5.74) is 4.05. The second-order valence-electron chi connectivity index (χ2n) is 3.97. The van der Waals surface area contributed by atoms with Gasteiger partial charge in [-0.25, -0.2) is 0 Å². The van der Waals surface area contributed by atoms with Crippen molar-refractivity contribution in [2.24, 2.45) is 11.7 Å². The summed E-state index contributed by atoms with van der Waals surface area (Å²) in [6, 6.07) is 0. The van der Waals surface area contributed by atoms with Crippen LogP contribution in [-0.2, 0) is 9.53 Å². The second kappa shape index (κ2) is 4.58. The zero-order chi connectivity index (χ0) is 12.4. The summed E-state index contributed by atoms with van der Waals surface area (Å²) in [6.45, 7) is -1.71. The number of hydrogen-bond donors (Lipinski definition) is 2. The van der Waals surface area contributed by atoms with Crippen molar-refractivity contribution in [1.82, 2.24) is 5.32 Å². The molecule has 0 aliphatic heterocycles. The van der Waals surface area contributed by atoms with Gasteiger partial charge in [0.1, 0.15) is 12.1 Å². The first-order valence-electron chi connectivity index (χ1n) is 4.95. The van der Waals surface area contributed by atoms with Gasteiger partial charge in [-0.15, -0.1) is 0 Å². The molecule has 0 bridgehead atoms. The van der Waals surface area contributed by atoms with Gasteiger partial charge >= 0.3 is 6.18 Å². The van der Waals surface area contributed by atoms with E-state index in [2.05, 4.69) is 10.1 Å². The van der Waals surface area contributed by atoms with E-state index in [-0.39, 0.29) is 12.5 Å². The quantitative estimate of drug-likeness (QED) is 0.707. The molecule has 1 unspecified atom stereocenters. The van der Waals surface area contributed by atoms with E-state index in [1.54, 1.807) is 0 Å². The van der Waals surface area contributed by atoms with Crippen LogP contribution in [0.1, 0.15) is 12.8 Å². The Labute approximate surface area is 91.3 Å². The summed E-state index contributed by atoms with van der Waals surface area (Å²) < 4.78 is 40.2. The van der Waals surface area contributed by atoms with Gasteiger partial charge in [-0.3, -0.25) is 4.79 Å². The molecule has 0 aromatic carbocycles. The van der Waals surface area contributed by atoms with Crippen molar-refractivity contribution in [3.8, 4) is 0 Å². The molecule has 7 heteroatoms. The maximum absolute atomic E-state index is 11.9. The van der Waals surface area contributed by atoms with Gasteiger partial charge in [-0.2, -0.15) is 13.2 Å². The molecule has 0 saturated heterocycles. The first kappa shape index (κ1) is 13.2. The van der Waals surface area contributed by atoms with Crippen molar-refractivity contribution < 1.29 is 22.7 Å². The smallest absolute Gasteiger partial charge is 0.370 e. The number of ether oxygens (including phenoxy) is 1. The highest BCUT2D eigenvalue weighted by atomic mass is 19.4. The SMILES string of the molecule is CNC(COCC(F)(F)F)(C(N)=O)C1CC1. The maximum atomic E-state index is 11.9. The van der Waals surface area contributed by atoms with Crippen molar-refractivity contribution in [3.63, 3.8) is 0 Å². The highest BCUT2D eigenvalue weighted by Gasteiger charge is 2.49. The number of nitrogens with one attached hydrogen (secondary N) is 1. The van der Waals surface area contributed by atoms with Gasteiger partial charge in [0, 0.05) is 0 Å². The number of amides is 1. The Kier molecular flexibility index (Phi) is 3.80. The Morgan fingerprint density at radius 1 is 1.44 bits per heavy atom. The Hall–Kier alpha value is -0.820. The molecule has 1 rings (SSSR count). The van der Waals surface area contributed by atoms with Crippen molar-refractivity contribution >= 4 is 5.91 Å². The molecule has 1 atom stereocenters. The molecule has 1 saturated carbocycles. The van der Waals surface area contributed by atoms with Gasteiger partial charge in [0.25, 0.3) is 0 Å². The average molecular weight is 240 g/mol.